The molecule has 0 radical (unpaired) electrons. The SMILES string of the molecule is O=C(NC1CCCC1)c1cc(C(=O)N2CCCc3ccccc32)ccn1. The molecule has 0 unspecified atom stereocenters. The Hall–Kier alpha value is -2.69. The largest absolute Gasteiger partial charge is 0.348 e. The van der Waals surface area contributed by atoms with E-state index in [0.717, 1.165) is 44.2 Å². The number of nitrogens with zero attached hydrogens (tertiary/aromatic N) is 2. The molecule has 0 atom stereocenters. The average molecular weight is 349 g/mol. The van der Waals surface area contributed by atoms with Gasteiger partial charge in [-0.05, 0) is 49.4 Å². The maximum atomic E-state index is 13.0. The lowest BCUT2D eigenvalue weighted by Crippen LogP contribution is -2.36. The zero-order valence-corrected chi connectivity index (χ0v) is 14.8. The molecule has 2 amide bonds. The summed E-state index contributed by atoms with van der Waals surface area (Å²) in [7, 11) is 0. The third-order valence-electron chi connectivity index (χ3n) is 5.29. The number of rotatable bonds is 3. The third-order valence-corrected chi connectivity index (χ3v) is 5.29. The minimum Gasteiger partial charge on any atom is -0.348 e. The summed E-state index contributed by atoms with van der Waals surface area (Å²) in [4.78, 5) is 31.5. The van der Waals surface area contributed by atoms with E-state index in [2.05, 4.69) is 16.4 Å². The Bertz CT molecular complexity index is 828. The zero-order chi connectivity index (χ0) is 17.9. The molecule has 2 aromatic rings. The molecule has 1 aliphatic carbocycles. The first-order chi connectivity index (χ1) is 12.7. The second kappa shape index (κ2) is 7.28. The van der Waals surface area contributed by atoms with E-state index in [1.54, 1.807) is 18.3 Å². The molecule has 0 spiro atoms. The van der Waals surface area contributed by atoms with Crippen molar-refractivity contribution in [2.24, 2.45) is 0 Å². The molecule has 4 rings (SSSR count). The van der Waals surface area contributed by atoms with Gasteiger partial charge in [0.25, 0.3) is 11.8 Å². The molecule has 2 heterocycles. The summed E-state index contributed by atoms with van der Waals surface area (Å²) in [5.74, 6) is -0.264. The van der Waals surface area contributed by atoms with Crippen molar-refractivity contribution in [3.05, 3.63) is 59.4 Å². The molecule has 1 N–H and O–H groups in total. The molecule has 1 saturated carbocycles. The molecule has 1 aromatic carbocycles. The average Bonchev–Trinajstić information content (AvgIpc) is 3.20. The van der Waals surface area contributed by atoms with Gasteiger partial charge in [-0.15, -0.1) is 0 Å². The van der Waals surface area contributed by atoms with Crippen LogP contribution in [0.15, 0.2) is 42.6 Å². The highest BCUT2D eigenvalue weighted by atomic mass is 16.2. The van der Waals surface area contributed by atoms with Crippen LogP contribution in [-0.4, -0.2) is 29.4 Å². The van der Waals surface area contributed by atoms with Gasteiger partial charge in [0.05, 0.1) is 0 Å². The maximum absolute atomic E-state index is 13.0. The van der Waals surface area contributed by atoms with Crippen LogP contribution < -0.4 is 10.2 Å². The number of amides is 2. The quantitative estimate of drug-likeness (QED) is 0.924. The first-order valence-electron chi connectivity index (χ1n) is 9.39. The topological polar surface area (TPSA) is 62.3 Å². The van der Waals surface area contributed by atoms with Crippen LogP contribution in [-0.2, 0) is 6.42 Å². The van der Waals surface area contributed by atoms with E-state index < -0.39 is 0 Å². The van der Waals surface area contributed by atoms with Crippen molar-refractivity contribution in [3.63, 3.8) is 0 Å². The Labute approximate surface area is 153 Å². The highest BCUT2D eigenvalue weighted by Crippen LogP contribution is 2.28. The predicted molar refractivity (Wildman–Crippen MR) is 100 cm³/mol. The zero-order valence-electron chi connectivity index (χ0n) is 14.8. The first-order valence-corrected chi connectivity index (χ1v) is 9.39. The summed E-state index contributed by atoms with van der Waals surface area (Å²) in [6, 6.07) is 11.6. The summed E-state index contributed by atoms with van der Waals surface area (Å²) >= 11 is 0. The number of benzene rings is 1. The number of para-hydroxylation sites is 1. The number of carbonyl (C=O) groups is 2. The van der Waals surface area contributed by atoms with Crippen molar-refractivity contribution in [3.8, 4) is 0 Å². The monoisotopic (exact) mass is 349 g/mol. The second-order valence-corrected chi connectivity index (χ2v) is 7.07. The summed E-state index contributed by atoms with van der Waals surface area (Å²) in [5, 5.41) is 3.03. The molecule has 1 aliphatic heterocycles. The van der Waals surface area contributed by atoms with E-state index in [1.165, 1.54) is 5.56 Å². The lowest BCUT2D eigenvalue weighted by atomic mass is 10.0. The molecule has 1 aromatic heterocycles. The van der Waals surface area contributed by atoms with Gasteiger partial charge in [-0.25, -0.2) is 0 Å². The van der Waals surface area contributed by atoms with Gasteiger partial charge in [0, 0.05) is 30.0 Å². The van der Waals surface area contributed by atoms with Crippen LogP contribution in [0.1, 0.15) is 58.5 Å². The van der Waals surface area contributed by atoms with Gasteiger partial charge >= 0.3 is 0 Å². The summed E-state index contributed by atoms with van der Waals surface area (Å²) in [6.45, 7) is 0.696. The molecule has 134 valence electrons. The highest BCUT2D eigenvalue weighted by Gasteiger charge is 2.24. The predicted octanol–water partition coefficient (Wildman–Crippen LogP) is 3.35. The Kier molecular flexibility index (Phi) is 4.69. The lowest BCUT2D eigenvalue weighted by molar-refractivity contribution is 0.0933. The first kappa shape index (κ1) is 16.8. The van der Waals surface area contributed by atoms with Crippen molar-refractivity contribution in [2.45, 2.75) is 44.6 Å². The van der Waals surface area contributed by atoms with Gasteiger partial charge in [0.15, 0.2) is 0 Å². The molecule has 5 nitrogen and oxygen atoms in total. The number of hydrogen-bond donors (Lipinski definition) is 1. The van der Waals surface area contributed by atoms with Gasteiger partial charge < -0.3 is 10.2 Å². The second-order valence-electron chi connectivity index (χ2n) is 7.07. The minimum atomic E-state index is -0.189. The van der Waals surface area contributed by atoms with Gasteiger partial charge in [-0.2, -0.15) is 0 Å². The van der Waals surface area contributed by atoms with Crippen molar-refractivity contribution in [2.75, 3.05) is 11.4 Å². The van der Waals surface area contributed by atoms with E-state index in [1.807, 2.05) is 23.1 Å². The van der Waals surface area contributed by atoms with Crippen LogP contribution in [0.3, 0.4) is 0 Å². The number of carbonyl (C=O) groups excluding carboxylic acids is 2. The fourth-order valence-corrected chi connectivity index (χ4v) is 3.92. The van der Waals surface area contributed by atoms with Crippen LogP contribution in [0.2, 0.25) is 0 Å². The Morgan fingerprint density at radius 1 is 1.08 bits per heavy atom. The molecule has 0 saturated heterocycles. The molecule has 5 heteroatoms. The van der Waals surface area contributed by atoms with E-state index in [-0.39, 0.29) is 17.9 Å². The number of nitrogens with one attached hydrogen (secondary N) is 1. The smallest absolute Gasteiger partial charge is 0.270 e. The van der Waals surface area contributed by atoms with Crippen LogP contribution >= 0.6 is 0 Å². The molecule has 1 fully saturated rings. The van der Waals surface area contributed by atoms with Gasteiger partial charge in [-0.3, -0.25) is 14.6 Å². The minimum absolute atomic E-state index is 0.0746. The lowest BCUT2D eigenvalue weighted by Gasteiger charge is -2.29. The van der Waals surface area contributed by atoms with E-state index >= 15 is 0 Å². The van der Waals surface area contributed by atoms with Crippen molar-refractivity contribution < 1.29 is 9.59 Å². The van der Waals surface area contributed by atoms with E-state index in [0.29, 0.717) is 17.8 Å². The summed E-state index contributed by atoms with van der Waals surface area (Å²) < 4.78 is 0. The van der Waals surface area contributed by atoms with E-state index in [9.17, 15) is 9.59 Å². The number of aryl methyl sites for hydroxylation is 1. The molecule has 0 bridgehead atoms. The number of pyridine rings is 1. The molecular weight excluding hydrogens is 326 g/mol. The Morgan fingerprint density at radius 3 is 2.73 bits per heavy atom. The van der Waals surface area contributed by atoms with Crippen molar-refractivity contribution in [1.82, 2.24) is 10.3 Å². The van der Waals surface area contributed by atoms with Gasteiger partial charge in [0.1, 0.15) is 5.69 Å². The third kappa shape index (κ3) is 3.34. The normalized spacial score (nSPS) is 17.0. The van der Waals surface area contributed by atoms with Crippen LogP contribution in [0.25, 0.3) is 0 Å². The fourth-order valence-electron chi connectivity index (χ4n) is 3.92. The number of fused-ring (bicyclic) bond motifs is 1. The number of anilines is 1. The van der Waals surface area contributed by atoms with Crippen molar-refractivity contribution in [1.29, 1.82) is 0 Å². The van der Waals surface area contributed by atoms with Crippen LogP contribution in [0.5, 0.6) is 0 Å². The number of aromatic nitrogens is 1. The Morgan fingerprint density at radius 2 is 1.88 bits per heavy atom. The van der Waals surface area contributed by atoms with Gasteiger partial charge in [0.2, 0.25) is 0 Å². The maximum Gasteiger partial charge on any atom is 0.270 e. The molecule has 2 aliphatic rings. The summed E-state index contributed by atoms with van der Waals surface area (Å²) in [6.07, 6.45) is 7.85. The molecule has 26 heavy (non-hydrogen) atoms. The fraction of sp³-hybridized carbons (Fsp3) is 0.381. The summed E-state index contributed by atoms with van der Waals surface area (Å²) in [5.41, 5.74) is 2.99. The highest BCUT2D eigenvalue weighted by molar-refractivity contribution is 6.07. The van der Waals surface area contributed by atoms with Crippen molar-refractivity contribution >= 4 is 17.5 Å². The standard InChI is InChI=1S/C21H23N3O2/c25-20(23-17-8-2-3-9-17)18-14-16(11-12-22-18)21(26)24-13-5-7-15-6-1-4-10-19(15)24/h1,4,6,10-12,14,17H,2-3,5,7-9,13H2,(H,23,25). The Balaban J connectivity index is 1.55. The van der Waals surface area contributed by atoms with Gasteiger partial charge in [-0.1, -0.05) is 31.0 Å². The number of hydrogen-bond acceptors (Lipinski definition) is 3. The van der Waals surface area contributed by atoms with Crippen LogP contribution in [0, 0.1) is 0 Å². The van der Waals surface area contributed by atoms with Crippen LogP contribution in [0.4, 0.5) is 5.69 Å². The van der Waals surface area contributed by atoms with E-state index in [4.69, 9.17) is 0 Å². The molecular formula is C21H23N3O2.